The van der Waals surface area contributed by atoms with Gasteiger partial charge in [0.05, 0.1) is 31.0 Å². The first kappa shape index (κ1) is 18.2. The second-order valence-electron chi connectivity index (χ2n) is 5.64. The number of carbonyl (C=O) groups is 2. The summed E-state index contributed by atoms with van der Waals surface area (Å²) >= 11 is 1.37. The number of benzene rings is 1. The van der Waals surface area contributed by atoms with Crippen molar-refractivity contribution in [3.05, 3.63) is 40.4 Å². The maximum Gasteiger partial charge on any atom is 0.413 e. The summed E-state index contributed by atoms with van der Waals surface area (Å²) in [6.45, 7) is 5.50. The first-order valence-corrected chi connectivity index (χ1v) is 9.37. The van der Waals surface area contributed by atoms with Crippen LogP contribution in [-0.4, -0.2) is 41.6 Å². The van der Waals surface area contributed by atoms with Crippen LogP contribution in [-0.2, 0) is 17.7 Å². The third-order valence-corrected chi connectivity index (χ3v) is 4.92. The molecular formula is C18H21N3O4S. The number of fused-ring (bicyclic) bond motifs is 1. The van der Waals surface area contributed by atoms with Crippen LogP contribution in [0.3, 0.4) is 0 Å². The molecule has 3 rings (SSSR count). The maximum absolute atomic E-state index is 12.9. The molecule has 0 fully saturated rings. The summed E-state index contributed by atoms with van der Waals surface area (Å²) in [5.74, 6) is 0.535. The van der Waals surface area contributed by atoms with E-state index in [4.69, 9.17) is 9.47 Å². The van der Waals surface area contributed by atoms with Crippen molar-refractivity contribution in [2.45, 2.75) is 26.8 Å². The van der Waals surface area contributed by atoms with Crippen molar-refractivity contribution in [1.82, 2.24) is 9.88 Å². The highest BCUT2D eigenvalue weighted by Gasteiger charge is 2.26. The number of hydrogen-bond acceptors (Lipinski definition) is 6. The van der Waals surface area contributed by atoms with Crippen LogP contribution in [0.1, 0.15) is 34.8 Å². The van der Waals surface area contributed by atoms with E-state index in [1.54, 1.807) is 24.0 Å². The highest BCUT2D eigenvalue weighted by Crippen LogP contribution is 2.30. The van der Waals surface area contributed by atoms with Crippen molar-refractivity contribution >= 4 is 28.5 Å². The molecule has 1 aromatic carbocycles. The number of nitrogens with zero attached hydrogens (tertiary/aromatic N) is 2. The summed E-state index contributed by atoms with van der Waals surface area (Å²) in [5, 5.41) is 3.12. The number of rotatable bonds is 5. The molecule has 0 bridgehead atoms. The molecule has 1 aromatic heterocycles. The van der Waals surface area contributed by atoms with Crippen molar-refractivity contribution in [1.29, 1.82) is 0 Å². The number of para-hydroxylation sites is 1. The highest BCUT2D eigenvalue weighted by atomic mass is 32.1. The molecule has 0 aliphatic carbocycles. The number of nitrogens with one attached hydrogen (secondary N) is 1. The molecule has 2 heterocycles. The molecule has 1 N–H and O–H groups in total. The summed E-state index contributed by atoms with van der Waals surface area (Å²) in [7, 11) is 0. The van der Waals surface area contributed by atoms with Gasteiger partial charge in [-0.2, -0.15) is 0 Å². The van der Waals surface area contributed by atoms with Gasteiger partial charge in [-0.05, 0) is 26.0 Å². The average Bonchev–Trinajstić information content (AvgIpc) is 3.03. The van der Waals surface area contributed by atoms with Gasteiger partial charge in [-0.3, -0.25) is 10.1 Å². The van der Waals surface area contributed by atoms with Crippen LogP contribution in [0.4, 0.5) is 9.93 Å². The Bertz CT molecular complexity index is 805. The minimum Gasteiger partial charge on any atom is -0.493 e. The van der Waals surface area contributed by atoms with E-state index in [1.165, 1.54) is 11.3 Å². The fourth-order valence-corrected chi connectivity index (χ4v) is 3.78. The second kappa shape index (κ2) is 8.18. The fraction of sp³-hybridized carbons (Fsp3) is 0.389. The first-order chi connectivity index (χ1) is 12.6. The zero-order chi connectivity index (χ0) is 18.5. The predicted octanol–water partition coefficient (Wildman–Crippen LogP) is 3.31. The molecule has 0 saturated heterocycles. The van der Waals surface area contributed by atoms with Crippen LogP contribution in [0.25, 0.3) is 0 Å². The summed E-state index contributed by atoms with van der Waals surface area (Å²) < 4.78 is 10.4. The van der Waals surface area contributed by atoms with E-state index in [0.717, 1.165) is 10.6 Å². The van der Waals surface area contributed by atoms with E-state index >= 15 is 0 Å². The molecule has 138 valence electrons. The van der Waals surface area contributed by atoms with Crippen LogP contribution in [0.5, 0.6) is 5.75 Å². The van der Waals surface area contributed by atoms with Crippen LogP contribution < -0.4 is 10.1 Å². The molecule has 2 amide bonds. The molecule has 1 aliphatic heterocycles. The SMILES string of the molecule is CCOC(=O)Nc1nc2c(s1)CN(C(=O)c1ccccc1OCC)CC2. The quantitative estimate of drug-likeness (QED) is 0.867. The number of hydrogen-bond donors (Lipinski definition) is 1. The van der Waals surface area contributed by atoms with Crippen LogP contribution >= 0.6 is 11.3 Å². The zero-order valence-electron chi connectivity index (χ0n) is 14.8. The van der Waals surface area contributed by atoms with Gasteiger partial charge in [0.1, 0.15) is 5.75 Å². The zero-order valence-corrected chi connectivity index (χ0v) is 15.6. The van der Waals surface area contributed by atoms with Gasteiger partial charge in [-0.15, -0.1) is 0 Å². The number of aromatic nitrogens is 1. The van der Waals surface area contributed by atoms with Crippen molar-refractivity contribution in [2.75, 3.05) is 25.1 Å². The van der Waals surface area contributed by atoms with Gasteiger partial charge >= 0.3 is 6.09 Å². The Labute approximate surface area is 155 Å². The normalized spacial score (nSPS) is 13.1. The molecular weight excluding hydrogens is 354 g/mol. The molecule has 0 radical (unpaired) electrons. The number of ether oxygens (including phenoxy) is 2. The Kier molecular flexibility index (Phi) is 5.72. The largest absolute Gasteiger partial charge is 0.493 e. The van der Waals surface area contributed by atoms with Crippen molar-refractivity contribution < 1.29 is 19.1 Å². The lowest BCUT2D eigenvalue weighted by Crippen LogP contribution is -2.35. The van der Waals surface area contributed by atoms with Crippen molar-refractivity contribution in [3.63, 3.8) is 0 Å². The van der Waals surface area contributed by atoms with E-state index in [9.17, 15) is 9.59 Å². The van der Waals surface area contributed by atoms with Gasteiger partial charge in [-0.25, -0.2) is 9.78 Å². The van der Waals surface area contributed by atoms with Crippen LogP contribution in [0, 0.1) is 0 Å². The predicted molar refractivity (Wildman–Crippen MR) is 98.8 cm³/mol. The molecule has 0 saturated carbocycles. The molecule has 0 unspecified atom stereocenters. The van der Waals surface area contributed by atoms with Crippen LogP contribution in [0.2, 0.25) is 0 Å². The first-order valence-electron chi connectivity index (χ1n) is 8.55. The third kappa shape index (κ3) is 3.96. The van der Waals surface area contributed by atoms with E-state index in [-0.39, 0.29) is 5.91 Å². The van der Waals surface area contributed by atoms with Gasteiger partial charge in [0, 0.05) is 17.8 Å². The highest BCUT2D eigenvalue weighted by molar-refractivity contribution is 7.15. The summed E-state index contributed by atoms with van der Waals surface area (Å²) in [6.07, 6.45) is 0.135. The van der Waals surface area contributed by atoms with Gasteiger partial charge < -0.3 is 14.4 Å². The lowest BCUT2D eigenvalue weighted by Gasteiger charge is -2.26. The Morgan fingerprint density at radius 2 is 2.08 bits per heavy atom. The minimum absolute atomic E-state index is 0.0620. The standard InChI is InChI=1S/C18H21N3O4S/c1-3-24-14-8-6-5-7-12(14)16(22)21-10-9-13-15(11-21)26-17(19-13)20-18(23)25-4-2/h5-8H,3-4,9-11H2,1-2H3,(H,19,20,23). The van der Waals surface area contributed by atoms with Crippen molar-refractivity contribution in [2.24, 2.45) is 0 Å². The number of thiazole rings is 1. The summed E-state index contributed by atoms with van der Waals surface area (Å²) in [6, 6.07) is 7.27. The smallest absolute Gasteiger partial charge is 0.413 e. The second-order valence-corrected chi connectivity index (χ2v) is 6.72. The molecule has 0 spiro atoms. The molecule has 7 nitrogen and oxygen atoms in total. The van der Waals surface area contributed by atoms with Gasteiger partial charge in [0.25, 0.3) is 5.91 Å². The van der Waals surface area contributed by atoms with Gasteiger partial charge in [0.15, 0.2) is 5.13 Å². The molecule has 2 aromatic rings. The lowest BCUT2D eigenvalue weighted by atomic mass is 10.1. The Balaban J connectivity index is 1.73. The fourth-order valence-electron chi connectivity index (χ4n) is 2.77. The van der Waals surface area contributed by atoms with Gasteiger partial charge in [-0.1, -0.05) is 23.5 Å². The van der Waals surface area contributed by atoms with Gasteiger partial charge in [0.2, 0.25) is 0 Å². The lowest BCUT2D eigenvalue weighted by molar-refractivity contribution is 0.0732. The molecule has 8 heteroatoms. The summed E-state index contributed by atoms with van der Waals surface area (Å²) in [5.41, 5.74) is 1.48. The average molecular weight is 375 g/mol. The van der Waals surface area contributed by atoms with E-state index in [2.05, 4.69) is 10.3 Å². The number of amides is 2. The topological polar surface area (TPSA) is 80.8 Å². The monoisotopic (exact) mass is 375 g/mol. The van der Waals surface area contributed by atoms with E-state index < -0.39 is 6.09 Å². The number of anilines is 1. The van der Waals surface area contributed by atoms with Crippen LogP contribution in [0.15, 0.2) is 24.3 Å². The number of carbonyl (C=O) groups excluding carboxylic acids is 2. The van der Waals surface area contributed by atoms with E-state index in [1.807, 2.05) is 19.1 Å². The molecule has 26 heavy (non-hydrogen) atoms. The third-order valence-electron chi connectivity index (χ3n) is 3.92. The minimum atomic E-state index is -0.517. The van der Waals surface area contributed by atoms with Crippen molar-refractivity contribution in [3.8, 4) is 5.75 Å². The Hall–Kier alpha value is -2.61. The summed E-state index contributed by atoms with van der Waals surface area (Å²) in [4.78, 5) is 31.6. The maximum atomic E-state index is 12.9. The van der Waals surface area contributed by atoms with E-state index in [0.29, 0.717) is 49.2 Å². The molecule has 1 aliphatic rings. The Morgan fingerprint density at radius 3 is 2.85 bits per heavy atom. The molecule has 0 atom stereocenters. The Morgan fingerprint density at radius 1 is 1.27 bits per heavy atom.